The van der Waals surface area contributed by atoms with Gasteiger partial charge in [0.05, 0.1) is 11.4 Å². The summed E-state index contributed by atoms with van der Waals surface area (Å²) in [7, 11) is 0. The summed E-state index contributed by atoms with van der Waals surface area (Å²) in [5.74, 6) is 0.756. The Morgan fingerprint density at radius 3 is 2.85 bits per heavy atom. The molecule has 9 heteroatoms. The van der Waals surface area contributed by atoms with E-state index in [9.17, 15) is 13.6 Å². The maximum absolute atomic E-state index is 13.6. The van der Waals surface area contributed by atoms with E-state index in [-0.39, 0.29) is 23.6 Å². The van der Waals surface area contributed by atoms with Crippen LogP contribution in [0.25, 0.3) is 0 Å². The van der Waals surface area contributed by atoms with Gasteiger partial charge in [0, 0.05) is 31.3 Å². The lowest BCUT2D eigenvalue weighted by Gasteiger charge is -2.40. The van der Waals surface area contributed by atoms with Gasteiger partial charge in [-0.3, -0.25) is 4.79 Å². The SMILES string of the molecule is Cc1cc(C(=O)N2CCCC([C@@H]3C[C@H](C(F)F)n4nc(C)cc4N3)C2)on1. The molecule has 1 N–H and O–H groups in total. The molecular weight excluding hydrogens is 356 g/mol. The number of alkyl halides is 2. The predicted octanol–water partition coefficient (Wildman–Crippen LogP) is 3.03. The lowest BCUT2D eigenvalue weighted by molar-refractivity contribution is 0.0489. The molecule has 4 heterocycles. The number of carbonyl (C=O) groups excluding carboxylic acids is 1. The Bertz CT molecular complexity index is 834. The van der Waals surface area contributed by atoms with Gasteiger partial charge in [0.2, 0.25) is 5.76 Å². The van der Waals surface area contributed by atoms with E-state index in [1.807, 2.05) is 0 Å². The van der Waals surface area contributed by atoms with Gasteiger partial charge in [0.25, 0.3) is 12.3 Å². The van der Waals surface area contributed by atoms with Crippen LogP contribution < -0.4 is 5.32 Å². The standard InChI is InChI=1S/C18H23F2N5O2/c1-10-7-16-21-13(8-14(17(19)20)25(16)22-10)12-4-3-5-24(9-12)18(26)15-6-11(2)23-27-15/h6-7,12-14,17,21H,3-5,8-9H2,1-2H3/t12?,13-,14+/m0/s1. The molecule has 1 fully saturated rings. The van der Waals surface area contributed by atoms with Crippen molar-refractivity contribution in [2.45, 2.75) is 51.6 Å². The Hall–Kier alpha value is -2.45. The summed E-state index contributed by atoms with van der Waals surface area (Å²) in [5, 5.41) is 11.3. The minimum Gasteiger partial charge on any atom is -0.367 e. The molecule has 1 unspecified atom stereocenters. The predicted molar refractivity (Wildman–Crippen MR) is 93.9 cm³/mol. The zero-order chi connectivity index (χ0) is 19.1. The largest absolute Gasteiger partial charge is 0.367 e. The molecule has 1 saturated heterocycles. The molecule has 2 aliphatic heterocycles. The van der Waals surface area contributed by atoms with Gasteiger partial charge in [0.1, 0.15) is 11.9 Å². The summed E-state index contributed by atoms with van der Waals surface area (Å²) >= 11 is 0. The van der Waals surface area contributed by atoms with Gasteiger partial charge in [-0.05, 0) is 39.0 Å². The molecule has 0 bridgehead atoms. The summed E-state index contributed by atoms with van der Waals surface area (Å²) in [6.07, 6.45) is -0.467. The highest BCUT2D eigenvalue weighted by Gasteiger charge is 2.39. The van der Waals surface area contributed by atoms with Crippen molar-refractivity contribution < 1.29 is 18.1 Å². The first kappa shape index (κ1) is 17.9. The van der Waals surface area contributed by atoms with Gasteiger partial charge in [-0.2, -0.15) is 5.10 Å². The van der Waals surface area contributed by atoms with Crippen molar-refractivity contribution in [2.24, 2.45) is 5.92 Å². The molecule has 1 amide bonds. The molecule has 2 aliphatic rings. The maximum atomic E-state index is 13.6. The first-order valence-electron chi connectivity index (χ1n) is 9.26. The number of amides is 1. The third kappa shape index (κ3) is 3.42. The van der Waals surface area contributed by atoms with Crippen molar-refractivity contribution in [1.29, 1.82) is 0 Å². The van der Waals surface area contributed by atoms with Crippen LogP contribution in [0, 0.1) is 19.8 Å². The van der Waals surface area contributed by atoms with Crippen molar-refractivity contribution in [1.82, 2.24) is 19.8 Å². The van der Waals surface area contributed by atoms with Gasteiger partial charge >= 0.3 is 0 Å². The Morgan fingerprint density at radius 2 is 2.15 bits per heavy atom. The van der Waals surface area contributed by atoms with Gasteiger partial charge in [-0.1, -0.05) is 5.16 Å². The van der Waals surface area contributed by atoms with E-state index in [1.165, 1.54) is 4.68 Å². The molecule has 146 valence electrons. The average molecular weight is 379 g/mol. The first-order valence-corrected chi connectivity index (χ1v) is 9.26. The molecule has 4 rings (SSSR count). The highest BCUT2D eigenvalue weighted by atomic mass is 19.3. The summed E-state index contributed by atoms with van der Waals surface area (Å²) in [6.45, 7) is 4.71. The van der Waals surface area contributed by atoms with Crippen molar-refractivity contribution in [2.75, 3.05) is 18.4 Å². The van der Waals surface area contributed by atoms with E-state index in [1.54, 1.807) is 30.9 Å². The molecule has 27 heavy (non-hydrogen) atoms. The number of anilines is 1. The number of piperidine rings is 1. The third-order valence-corrected chi connectivity index (χ3v) is 5.44. The normalized spacial score (nSPS) is 25.4. The topological polar surface area (TPSA) is 76.2 Å². The van der Waals surface area contributed by atoms with Crippen LogP contribution in [0.5, 0.6) is 0 Å². The number of hydrogen-bond acceptors (Lipinski definition) is 5. The smallest absolute Gasteiger partial charge is 0.292 e. The second-order valence-electron chi connectivity index (χ2n) is 7.49. The quantitative estimate of drug-likeness (QED) is 0.887. The summed E-state index contributed by atoms with van der Waals surface area (Å²) in [4.78, 5) is 14.4. The fraction of sp³-hybridized carbons (Fsp3) is 0.611. The Labute approximate surface area is 155 Å². The highest BCUT2D eigenvalue weighted by Crippen LogP contribution is 2.36. The van der Waals surface area contributed by atoms with Crippen LogP contribution in [0.4, 0.5) is 14.6 Å². The molecular formula is C18H23F2N5O2. The van der Waals surface area contributed by atoms with Crippen LogP contribution in [0.15, 0.2) is 16.7 Å². The molecule has 0 aliphatic carbocycles. The first-order chi connectivity index (χ1) is 12.9. The summed E-state index contributed by atoms with van der Waals surface area (Å²) in [6, 6.07) is 2.35. The van der Waals surface area contributed by atoms with E-state index in [0.717, 1.165) is 12.8 Å². The monoisotopic (exact) mass is 379 g/mol. The van der Waals surface area contributed by atoms with Crippen LogP contribution in [0.3, 0.4) is 0 Å². The van der Waals surface area contributed by atoms with Crippen LogP contribution in [-0.2, 0) is 0 Å². The van der Waals surface area contributed by atoms with Gasteiger partial charge in [-0.15, -0.1) is 0 Å². The van der Waals surface area contributed by atoms with Crippen molar-refractivity contribution >= 4 is 11.7 Å². The molecule has 2 aromatic heterocycles. The minimum atomic E-state index is -2.48. The second kappa shape index (κ2) is 6.94. The Morgan fingerprint density at radius 1 is 1.33 bits per heavy atom. The highest BCUT2D eigenvalue weighted by molar-refractivity contribution is 5.91. The average Bonchev–Trinajstić information content (AvgIpc) is 3.24. The number of nitrogens with one attached hydrogen (secondary N) is 1. The second-order valence-corrected chi connectivity index (χ2v) is 7.49. The molecule has 0 radical (unpaired) electrons. The van der Waals surface area contributed by atoms with E-state index in [4.69, 9.17) is 4.52 Å². The number of carbonyl (C=O) groups is 1. The van der Waals surface area contributed by atoms with E-state index < -0.39 is 12.5 Å². The Kier molecular flexibility index (Phi) is 4.61. The lowest BCUT2D eigenvalue weighted by atomic mass is 9.86. The zero-order valence-electron chi connectivity index (χ0n) is 15.4. The molecule has 0 spiro atoms. The van der Waals surface area contributed by atoms with Crippen LogP contribution in [-0.4, -0.2) is 51.3 Å². The summed E-state index contributed by atoms with van der Waals surface area (Å²) < 4.78 is 33.7. The van der Waals surface area contributed by atoms with E-state index in [2.05, 4.69) is 15.6 Å². The van der Waals surface area contributed by atoms with E-state index >= 15 is 0 Å². The maximum Gasteiger partial charge on any atom is 0.292 e. The van der Waals surface area contributed by atoms with Gasteiger partial charge in [0.15, 0.2) is 0 Å². The number of likely N-dealkylation sites (tertiary alicyclic amines) is 1. The fourth-order valence-electron chi connectivity index (χ4n) is 4.15. The number of nitrogens with zero attached hydrogens (tertiary/aromatic N) is 4. The number of aromatic nitrogens is 3. The molecule has 0 saturated carbocycles. The van der Waals surface area contributed by atoms with Gasteiger partial charge < -0.3 is 14.7 Å². The van der Waals surface area contributed by atoms with Crippen LogP contribution in [0.2, 0.25) is 0 Å². The summed E-state index contributed by atoms with van der Waals surface area (Å²) in [5.41, 5.74) is 1.37. The van der Waals surface area contributed by atoms with E-state index in [0.29, 0.717) is 36.7 Å². The Balaban J connectivity index is 1.50. The molecule has 0 aromatic carbocycles. The molecule has 7 nitrogen and oxygen atoms in total. The number of halogens is 2. The number of rotatable bonds is 3. The van der Waals surface area contributed by atoms with Crippen LogP contribution in [0.1, 0.15) is 47.2 Å². The fourth-order valence-corrected chi connectivity index (χ4v) is 4.15. The minimum absolute atomic E-state index is 0.0944. The lowest BCUT2D eigenvalue weighted by Crippen LogP contribution is -2.48. The van der Waals surface area contributed by atoms with Crippen molar-refractivity contribution in [3.05, 3.63) is 29.3 Å². The van der Waals surface area contributed by atoms with Crippen molar-refractivity contribution in [3.63, 3.8) is 0 Å². The number of aryl methyl sites for hydroxylation is 2. The zero-order valence-corrected chi connectivity index (χ0v) is 15.4. The van der Waals surface area contributed by atoms with Crippen molar-refractivity contribution in [3.8, 4) is 0 Å². The number of hydrogen-bond donors (Lipinski definition) is 1. The van der Waals surface area contributed by atoms with Gasteiger partial charge in [-0.25, -0.2) is 13.5 Å². The molecule has 2 aromatic rings. The van der Waals surface area contributed by atoms with Crippen LogP contribution >= 0.6 is 0 Å². The molecule has 3 atom stereocenters. The number of fused-ring (bicyclic) bond motifs is 1. The third-order valence-electron chi connectivity index (χ3n) is 5.44.